The molecule has 0 bridgehead atoms. The maximum Gasteiger partial charge on any atom is 0.258 e. The molecule has 3 aromatic carbocycles. The Morgan fingerprint density at radius 2 is 1.68 bits per heavy atom. The second kappa shape index (κ2) is 11.5. The van der Waals surface area contributed by atoms with E-state index in [4.69, 9.17) is 9.26 Å². The summed E-state index contributed by atoms with van der Waals surface area (Å²) in [5, 5.41) is 7.61. The normalized spacial score (nSPS) is 18.2. The Labute approximate surface area is 247 Å². The van der Waals surface area contributed by atoms with Gasteiger partial charge in [0.25, 0.3) is 5.91 Å². The minimum Gasteiger partial charge on any atom is -0.495 e. The number of piperazine rings is 1. The predicted octanol–water partition coefficient (Wildman–Crippen LogP) is 5.84. The fourth-order valence-electron chi connectivity index (χ4n) is 6.04. The molecule has 4 aromatic rings. The summed E-state index contributed by atoms with van der Waals surface area (Å²) in [5.74, 6) is 2.01. The van der Waals surface area contributed by atoms with Gasteiger partial charge in [0.05, 0.1) is 12.8 Å². The maximum atomic E-state index is 13.7. The molecule has 3 heterocycles. The number of nitrogens with zero attached hydrogens (tertiary/aromatic N) is 4. The Morgan fingerprint density at radius 3 is 2.32 bits per heavy atom. The molecule has 0 aliphatic carbocycles. The van der Waals surface area contributed by atoms with Crippen molar-refractivity contribution in [3.8, 4) is 28.3 Å². The Morgan fingerprint density at radius 1 is 0.976 bits per heavy atom. The van der Waals surface area contributed by atoms with Gasteiger partial charge < -0.3 is 24.4 Å². The minimum atomic E-state index is 0. The van der Waals surface area contributed by atoms with Crippen molar-refractivity contribution in [3.63, 3.8) is 0 Å². The number of fused-ring (bicyclic) bond motifs is 1. The second-order valence-corrected chi connectivity index (χ2v) is 11.0. The molecule has 41 heavy (non-hydrogen) atoms. The van der Waals surface area contributed by atoms with Crippen LogP contribution in [0.15, 0.2) is 59.1 Å². The van der Waals surface area contributed by atoms with Crippen LogP contribution in [0.25, 0.3) is 22.5 Å². The third-order valence-electron chi connectivity index (χ3n) is 7.87. The summed E-state index contributed by atoms with van der Waals surface area (Å²) in [6.07, 6.45) is 0.815. The standard InChI is InChI=1S/C32H35N5O3.ClH/c1-19-14-26(31-34-22(4)40-35-31)10-11-27(19)23-6-8-24(9-7-23)32(38)37-13-12-25-15-30(39-5)29(16-28(25)37)36-17-20(2)33-21(3)18-36;/h6-11,14-16,20-21,33H,12-13,17-18H2,1-5H3;1H. The number of rotatable bonds is 5. The number of carbonyl (C=O) groups excluding carboxylic acids is 1. The summed E-state index contributed by atoms with van der Waals surface area (Å²) in [5.41, 5.74) is 8.03. The lowest BCUT2D eigenvalue weighted by atomic mass is 9.97. The van der Waals surface area contributed by atoms with E-state index in [1.165, 1.54) is 0 Å². The van der Waals surface area contributed by atoms with Gasteiger partial charge in [-0.1, -0.05) is 29.4 Å². The Bertz CT molecular complexity index is 1560. The van der Waals surface area contributed by atoms with E-state index in [-0.39, 0.29) is 18.3 Å². The highest BCUT2D eigenvalue weighted by molar-refractivity contribution is 6.08. The molecule has 2 atom stereocenters. The number of methoxy groups -OCH3 is 1. The third kappa shape index (κ3) is 5.54. The van der Waals surface area contributed by atoms with Gasteiger partial charge in [0.2, 0.25) is 11.7 Å². The largest absolute Gasteiger partial charge is 0.495 e. The van der Waals surface area contributed by atoms with Crippen molar-refractivity contribution in [2.24, 2.45) is 0 Å². The molecule has 0 spiro atoms. The fraction of sp³-hybridized carbons (Fsp3) is 0.344. The molecule has 0 saturated carbocycles. The molecule has 1 aromatic heterocycles. The lowest BCUT2D eigenvalue weighted by Crippen LogP contribution is -2.54. The smallest absolute Gasteiger partial charge is 0.258 e. The van der Waals surface area contributed by atoms with Crippen molar-refractivity contribution in [1.82, 2.24) is 15.5 Å². The molecule has 2 aliphatic rings. The summed E-state index contributed by atoms with van der Waals surface area (Å²) in [7, 11) is 1.72. The number of hydrogen-bond donors (Lipinski definition) is 1. The van der Waals surface area contributed by atoms with Crippen LogP contribution in [0.4, 0.5) is 11.4 Å². The van der Waals surface area contributed by atoms with E-state index in [0.29, 0.717) is 35.9 Å². The fourth-order valence-corrected chi connectivity index (χ4v) is 6.04. The predicted molar refractivity (Wildman–Crippen MR) is 165 cm³/mol. The molecule has 0 radical (unpaired) electrons. The van der Waals surface area contributed by atoms with Crippen molar-refractivity contribution in [2.75, 3.05) is 36.5 Å². The van der Waals surface area contributed by atoms with Crippen molar-refractivity contribution >= 4 is 29.7 Å². The zero-order chi connectivity index (χ0) is 28.0. The van der Waals surface area contributed by atoms with Crippen LogP contribution >= 0.6 is 12.4 Å². The molecule has 214 valence electrons. The third-order valence-corrected chi connectivity index (χ3v) is 7.87. The molecule has 1 amide bonds. The molecule has 2 unspecified atom stereocenters. The van der Waals surface area contributed by atoms with Crippen LogP contribution in [0.1, 0.15) is 41.2 Å². The van der Waals surface area contributed by atoms with Gasteiger partial charge in [-0.25, -0.2) is 0 Å². The molecule has 1 fully saturated rings. The van der Waals surface area contributed by atoms with Gasteiger partial charge in [-0.15, -0.1) is 12.4 Å². The molecular formula is C32H36ClN5O3. The van der Waals surface area contributed by atoms with E-state index < -0.39 is 0 Å². The van der Waals surface area contributed by atoms with E-state index in [1.807, 2.05) is 35.2 Å². The summed E-state index contributed by atoms with van der Waals surface area (Å²) in [6, 6.07) is 19.0. The van der Waals surface area contributed by atoms with Crippen LogP contribution in [-0.4, -0.2) is 54.9 Å². The van der Waals surface area contributed by atoms with E-state index >= 15 is 0 Å². The van der Waals surface area contributed by atoms with Crippen LogP contribution in [0.2, 0.25) is 0 Å². The average Bonchev–Trinajstić information content (AvgIpc) is 3.57. The molecule has 8 nitrogen and oxygen atoms in total. The highest BCUT2D eigenvalue weighted by atomic mass is 35.5. The number of carbonyl (C=O) groups is 1. The highest BCUT2D eigenvalue weighted by Gasteiger charge is 2.30. The van der Waals surface area contributed by atoms with Crippen molar-refractivity contribution in [1.29, 1.82) is 0 Å². The molecule has 1 N–H and O–H groups in total. The maximum absolute atomic E-state index is 13.7. The number of amides is 1. The molecule has 2 aliphatic heterocycles. The monoisotopic (exact) mass is 573 g/mol. The minimum absolute atomic E-state index is 0. The van der Waals surface area contributed by atoms with E-state index in [9.17, 15) is 4.79 Å². The zero-order valence-electron chi connectivity index (χ0n) is 24.1. The number of halogens is 1. The van der Waals surface area contributed by atoms with Gasteiger partial charge >= 0.3 is 0 Å². The first kappa shape index (κ1) is 28.6. The molecule has 6 rings (SSSR count). The van der Waals surface area contributed by atoms with Crippen LogP contribution in [-0.2, 0) is 6.42 Å². The second-order valence-electron chi connectivity index (χ2n) is 11.0. The molecular weight excluding hydrogens is 538 g/mol. The number of hydrogen-bond acceptors (Lipinski definition) is 7. The number of benzene rings is 3. The Hall–Kier alpha value is -3.88. The van der Waals surface area contributed by atoms with Gasteiger partial charge in [-0.3, -0.25) is 4.79 Å². The summed E-state index contributed by atoms with van der Waals surface area (Å²) in [4.78, 5) is 22.3. The van der Waals surface area contributed by atoms with Crippen LogP contribution in [0.3, 0.4) is 0 Å². The first-order valence-corrected chi connectivity index (χ1v) is 13.9. The van der Waals surface area contributed by atoms with E-state index in [2.05, 4.69) is 65.4 Å². The summed E-state index contributed by atoms with van der Waals surface area (Å²) >= 11 is 0. The quantitative estimate of drug-likeness (QED) is 0.321. The van der Waals surface area contributed by atoms with E-state index in [0.717, 1.165) is 64.5 Å². The number of ether oxygens (including phenoxy) is 1. The number of nitrogens with one attached hydrogen (secondary N) is 1. The van der Waals surface area contributed by atoms with Gasteiger partial charge in [0.1, 0.15) is 5.75 Å². The first-order chi connectivity index (χ1) is 19.3. The van der Waals surface area contributed by atoms with Crippen molar-refractivity contribution < 1.29 is 14.1 Å². The lowest BCUT2D eigenvalue weighted by molar-refractivity contribution is 0.0989. The average molecular weight is 574 g/mol. The number of aromatic nitrogens is 2. The summed E-state index contributed by atoms with van der Waals surface area (Å²) < 4.78 is 10.9. The van der Waals surface area contributed by atoms with Crippen LogP contribution in [0.5, 0.6) is 5.75 Å². The Kier molecular flexibility index (Phi) is 8.07. The molecule has 1 saturated heterocycles. The molecule has 9 heteroatoms. The van der Waals surface area contributed by atoms with Gasteiger partial charge in [0, 0.05) is 55.5 Å². The lowest BCUT2D eigenvalue weighted by Gasteiger charge is -2.38. The van der Waals surface area contributed by atoms with Gasteiger partial charge in [0.15, 0.2) is 0 Å². The SMILES string of the molecule is COc1cc2c(cc1N1CC(C)NC(C)C1)N(C(=O)c1ccc(-c3ccc(-c4noc(C)n4)cc3C)cc1)CC2.Cl. The van der Waals surface area contributed by atoms with Crippen LogP contribution < -0.4 is 19.9 Å². The van der Waals surface area contributed by atoms with Crippen LogP contribution in [0, 0.1) is 13.8 Å². The Balaban J connectivity index is 0.00000337. The number of anilines is 2. The van der Waals surface area contributed by atoms with E-state index in [1.54, 1.807) is 14.0 Å². The van der Waals surface area contributed by atoms with Crippen molar-refractivity contribution in [2.45, 2.75) is 46.2 Å². The van der Waals surface area contributed by atoms with Gasteiger partial charge in [-0.2, -0.15) is 4.98 Å². The topological polar surface area (TPSA) is 83.7 Å². The zero-order valence-corrected chi connectivity index (χ0v) is 24.9. The van der Waals surface area contributed by atoms with Gasteiger partial charge in [-0.05, 0) is 79.8 Å². The summed E-state index contributed by atoms with van der Waals surface area (Å²) in [6.45, 7) is 10.7. The highest BCUT2D eigenvalue weighted by Crippen LogP contribution is 2.40. The number of aryl methyl sites for hydroxylation is 2. The van der Waals surface area contributed by atoms with Crippen molar-refractivity contribution in [3.05, 3.63) is 77.2 Å². The first-order valence-electron chi connectivity index (χ1n) is 13.9.